The maximum atomic E-state index is 4.55. The topological polar surface area (TPSA) is 41.0 Å². The van der Waals surface area contributed by atoms with Gasteiger partial charge in [-0.3, -0.25) is 0 Å². The Hall–Kier alpha value is -0.680. The first-order valence-corrected chi connectivity index (χ1v) is 7.99. The van der Waals surface area contributed by atoms with Crippen LogP contribution in [0.15, 0.2) is 0 Å². The normalized spacial score (nSPS) is 21.8. The number of hydrogen-bond acceptors (Lipinski definition) is 5. The van der Waals surface area contributed by atoms with Crippen LogP contribution in [-0.2, 0) is 0 Å². The minimum absolute atomic E-state index is 0.669. The van der Waals surface area contributed by atoms with Crippen LogP contribution >= 0.6 is 11.5 Å². The molecule has 1 N–H and O–H groups in total. The summed E-state index contributed by atoms with van der Waals surface area (Å²) >= 11 is 1.52. The van der Waals surface area contributed by atoms with Gasteiger partial charge in [0.05, 0.1) is 0 Å². The zero-order valence-electron chi connectivity index (χ0n) is 10.9. The molecule has 4 nitrogen and oxygen atoms in total. The van der Waals surface area contributed by atoms with Gasteiger partial charge in [-0.15, -0.1) is 0 Å². The lowest BCUT2D eigenvalue weighted by atomic mass is 10.2. The summed E-state index contributed by atoms with van der Waals surface area (Å²) in [7, 11) is 0. The van der Waals surface area contributed by atoms with Crippen LogP contribution in [0, 0.1) is 0 Å². The highest BCUT2D eigenvalue weighted by Gasteiger charge is 2.27. The van der Waals surface area contributed by atoms with Crippen molar-refractivity contribution in [1.29, 1.82) is 0 Å². The van der Waals surface area contributed by atoms with Crippen LogP contribution in [0.1, 0.15) is 50.3 Å². The van der Waals surface area contributed by atoms with E-state index < -0.39 is 0 Å². The highest BCUT2D eigenvalue weighted by atomic mass is 32.1. The van der Waals surface area contributed by atoms with Crippen LogP contribution in [0.25, 0.3) is 0 Å². The maximum Gasteiger partial charge on any atom is 0.202 e. The van der Waals surface area contributed by atoms with Crippen molar-refractivity contribution in [2.24, 2.45) is 0 Å². The molecule has 1 saturated carbocycles. The van der Waals surface area contributed by atoms with Crippen molar-refractivity contribution in [1.82, 2.24) is 14.3 Å². The van der Waals surface area contributed by atoms with Crippen LogP contribution in [0.3, 0.4) is 0 Å². The number of nitrogens with zero attached hydrogens (tertiary/aromatic N) is 3. The fourth-order valence-electron chi connectivity index (χ4n) is 2.49. The molecule has 0 atom stereocenters. The van der Waals surface area contributed by atoms with Gasteiger partial charge in [0.25, 0.3) is 0 Å². The Morgan fingerprint density at radius 1 is 1.17 bits per heavy atom. The monoisotopic (exact) mass is 266 g/mol. The summed E-state index contributed by atoms with van der Waals surface area (Å²) in [6.07, 6.45) is 8.11. The van der Waals surface area contributed by atoms with Gasteiger partial charge in [0.15, 0.2) is 0 Å². The zero-order valence-corrected chi connectivity index (χ0v) is 11.7. The summed E-state index contributed by atoms with van der Waals surface area (Å²) in [6, 6.07) is 0. The molecule has 0 spiro atoms. The molecule has 2 aliphatic rings. The van der Waals surface area contributed by atoms with Crippen LogP contribution in [-0.4, -0.2) is 40.4 Å². The zero-order chi connectivity index (χ0) is 12.2. The lowest BCUT2D eigenvalue weighted by Gasteiger charge is -2.19. The molecule has 2 fully saturated rings. The van der Waals surface area contributed by atoms with Gasteiger partial charge < -0.3 is 10.2 Å². The second-order valence-electron chi connectivity index (χ2n) is 5.41. The van der Waals surface area contributed by atoms with Crippen molar-refractivity contribution >= 4 is 16.7 Å². The molecule has 0 bridgehead atoms. The van der Waals surface area contributed by atoms with Gasteiger partial charge in [-0.05, 0) is 38.8 Å². The van der Waals surface area contributed by atoms with Gasteiger partial charge in [0.2, 0.25) is 5.13 Å². The first-order valence-electron chi connectivity index (χ1n) is 7.21. The molecule has 2 heterocycles. The molecule has 5 heteroatoms. The first kappa shape index (κ1) is 12.4. The molecule has 100 valence electrons. The van der Waals surface area contributed by atoms with Crippen LogP contribution in [0.4, 0.5) is 5.13 Å². The quantitative estimate of drug-likeness (QED) is 0.889. The number of anilines is 1. The van der Waals surface area contributed by atoms with E-state index in [4.69, 9.17) is 0 Å². The number of nitrogens with one attached hydrogen (secondary N) is 1. The smallest absolute Gasteiger partial charge is 0.202 e. The standard InChI is InChI=1S/C13H22N4S/c1-2-4-9-17(8-3-1)10-7-14-13-15-12(16-18-13)11-5-6-11/h11H,1-10H2,(H,14,15,16). The number of hydrogen-bond donors (Lipinski definition) is 1. The average molecular weight is 266 g/mol. The van der Waals surface area contributed by atoms with E-state index in [-0.39, 0.29) is 0 Å². The van der Waals surface area contributed by atoms with Gasteiger partial charge in [-0.25, -0.2) is 4.98 Å². The van der Waals surface area contributed by atoms with Crippen LogP contribution < -0.4 is 5.32 Å². The fourth-order valence-corrected chi connectivity index (χ4v) is 3.17. The lowest BCUT2D eigenvalue weighted by molar-refractivity contribution is 0.296. The van der Waals surface area contributed by atoms with Crippen molar-refractivity contribution < 1.29 is 0 Å². The molecule has 1 saturated heterocycles. The predicted octanol–water partition coefficient (Wildman–Crippen LogP) is 2.70. The maximum absolute atomic E-state index is 4.55. The van der Waals surface area contributed by atoms with Crippen LogP contribution in [0.2, 0.25) is 0 Å². The van der Waals surface area contributed by atoms with Crippen molar-refractivity contribution in [3.05, 3.63) is 5.82 Å². The molecule has 18 heavy (non-hydrogen) atoms. The van der Waals surface area contributed by atoms with Crippen molar-refractivity contribution in [2.75, 3.05) is 31.5 Å². The molecule has 0 aromatic carbocycles. The molecule has 1 aliphatic carbocycles. The highest BCUT2D eigenvalue weighted by Crippen LogP contribution is 2.39. The Morgan fingerprint density at radius 2 is 1.94 bits per heavy atom. The predicted molar refractivity (Wildman–Crippen MR) is 75.3 cm³/mol. The third-order valence-corrected chi connectivity index (χ3v) is 4.47. The van der Waals surface area contributed by atoms with E-state index in [1.54, 1.807) is 0 Å². The summed E-state index contributed by atoms with van der Waals surface area (Å²) < 4.78 is 4.41. The minimum Gasteiger partial charge on any atom is -0.359 e. The third-order valence-electron chi connectivity index (χ3n) is 3.79. The van der Waals surface area contributed by atoms with E-state index >= 15 is 0 Å². The van der Waals surface area contributed by atoms with Crippen LogP contribution in [0.5, 0.6) is 0 Å². The van der Waals surface area contributed by atoms with Gasteiger partial charge in [0.1, 0.15) is 5.82 Å². The van der Waals surface area contributed by atoms with Gasteiger partial charge >= 0.3 is 0 Å². The highest BCUT2D eigenvalue weighted by molar-refractivity contribution is 7.09. The third kappa shape index (κ3) is 3.42. The summed E-state index contributed by atoms with van der Waals surface area (Å²) in [6.45, 7) is 4.67. The van der Waals surface area contributed by atoms with E-state index in [9.17, 15) is 0 Å². The Bertz CT molecular complexity index is 367. The molecule has 1 aromatic heterocycles. The van der Waals surface area contributed by atoms with E-state index in [1.807, 2.05) is 0 Å². The van der Waals surface area contributed by atoms with Gasteiger partial charge in [0, 0.05) is 30.5 Å². The molecular weight excluding hydrogens is 244 g/mol. The lowest BCUT2D eigenvalue weighted by Crippen LogP contribution is -2.29. The number of rotatable bonds is 5. The van der Waals surface area contributed by atoms with Gasteiger partial charge in [-0.2, -0.15) is 4.37 Å². The van der Waals surface area contributed by atoms with E-state index in [0.717, 1.165) is 24.0 Å². The average Bonchev–Trinajstić information content (AvgIpc) is 3.16. The molecule has 3 rings (SSSR count). The molecule has 0 unspecified atom stereocenters. The molecule has 0 radical (unpaired) electrons. The summed E-state index contributed by atoms with van der Waals surface area (Å²) in [5, 5.41) is 4.42. The minimum atomic E-state index is 0.669. The van der Waals surface area contributed by atoms with Crippen molar-refractivity contribution in [3.8, 4) is 0 Å². The van der Waals surface area contributed by atoms with Crippen molar-refractivity contribution in [3.63, 3.8) is 0 Å². The Kier molecular flexibility index (Phi) is 4.10. The number of aromatic nitrogens is 2. The largest absolute Gasteiger partial charge is 0.359 e. The summed E-state index contributed by atoms with van der Waals surface area (Å²) in [5.74, 6) is 1.74. The Balaban J connectivity index is 1.40. The van der Waals surface area contributed by atoms with E-state index in [2.05, 4.69) is 19.6 Å². The molecule has 0 amide bonds. The van der Waals surface area contributed by atoms with E-state index in [1.165, 1.54) is 63.1 Å². The second-order valence-corrected chi connectivity index (χ2v) is 6.17. The summed E-state index contributed by atoms with van der Waals surface area (Å²) in [4.78, 5) is 7.12. The molecule has 1 aliphatic heterocycles. The van der Waals surface area contributed by atoms with E-state index in [0.29, 0.717) is 5.92 Å². The molecular formula is C13H22N4S. The van der Waals surface area contributed by atoms with Gasteiger partial charge in [-0.1, -0.05) is 12.8 Å². The SMILES string of the molecule is C1CCCN(CCNc2nc(C3CC3)ns2)CC1. The first-order chi connectivity index (χ1) is 8.92. The van der Waals surface area contributed by atoms with Crippen molar-refractivity contribution in [2.45, 2.75) is 44.4 Å². The number of likely N-dealkylation sites (tertiary alicyclic amines) is 1. The Labute approximate surface area is 113 Å². The Morgan fingerprint density at radius 3 is 2.67 bits per heavy atom. The molecule has 1 aromatic rings. The summed E-state index contributed by atoms with van der Waals surface area (Å²) in [5.41, 5.74) is 0. The fraction of sp³-hybridized carbons (Fsp3) is 0.846. The second kappa shape index (κ2) is 5.97.